The van der Waals surface area contributed by atoms with Crippen LogP contribution >= 0.6 is 0 Å². The molecule has 0 aliphatic carbocycles. The molecule has 0 bridgehead atoms. The van der Waals surface area contributed by atoms with E-state index in [1.807, 2.05) is 36.9 Å². The lowest BCUT2D eigenvalue weighted by molar-refractivity contribution is -0.133. The minimum absolute atomic E-state index is 0.178. The van der Waals surface area contributed by atoms with E-state index in [0.29, 0.717) is 19.0 Å². The molecule has 22 heavy (non-hydrogen) atoms. The van der Waals surface area contributed by atoms with E-state index in [4.69, 9.17) is 0 Å². The van der Waals surface area contributed by atoms with Gasteiger partial charge in [0, 0.05) is 19.6 Å². The van der Waals surface area contributed by atoms with Gasteiger partial charge in [-0.15, -0.1) is 0 Å². The second-order valence-corrected chi connectivity index (χ2v) is 6.27. The van der Waals surface area contributed by atoms with Crippen molar-refractivity contribution in [3.05, 3.63) is 35.9 Å². The lowest BCUT2D eigenvalue weighted by Gasteiger charge is -2.34. The highest BCUT2D eigenvalue weighted by molar-refractivity contribution is 5.78. The molecule has 4 heteroatoms. The third kappa shape index (κ3) is 4.82. The number of hydrogen-bond acceptors (Lipinski definition) is 3. The van der Waals surface area contributed by atoms with Crippen molar-refractivity contribution >= 4 is 5.91 Å². The third-order valence-electron chi connectivity index (χ3n) is 4.53. The number of aliphatic hydroxyl groups is 1. The summed E-state index contributed by atoms with van der Waals surface area (Å²) in [6.45, 7) is 7.51. The molecule has 1 amide bonds. The number of nitrogens with zero attached hydrogens (tertiary/aromatic N) is 2. The number of hydrogen-bond donors (Lipinski definition) is 1. The fourth-order valence-corrected chi connectivity index (χ4v) is 3.10. The van der Waals surface area contributed by atoms with Gasteiger partial charge < -0.3 is 10.0 Å². The molecule has 1 heterocycles. The van der Waals surface area contributed by atoms with Gasteiger partial charge in [0.15, 0.2) is 0 Å². The van der Waals surface area contributed by atoms with Crippen LogP contribution in [0.2, 0.25) is 0 Å². The molecule has 1 fully saturated rings. The summed E-state index contributed by atoms with van der Waals surface area (Å²) in [5, 5.41) is 9.76. The monoisotopic (exact) mass is 304 g/mol. The minimum atomic E-state index is -0.288. The van der Waals surface area contributed by atoms with Gasteiger partial charge in [-0.1, -0.05) is 30.3 Å². The lowest BCUT2D eigenvalue weighted by atomic mass is 9.93. The van der Waals surface area contributed by atoms with E-state index in [0.717, 1.165) is 32.5 Å². The molecule has 1 N–H and O–H groups in total. The first-order valence-electron chi connectivity index (χ1n) is 8.32. The first-order valence-corrected chi connectivity index (χ1v) is 8.32. The molecule has 1 aromatic carbocycles. The molecule has 0 radical (unpaired) electrons. The van der Waals surface area contributed by atoms with Crippen molar-refractivity contribution in [2.75, 3.05) is 26.2 Å². The van der Waals surface area contributed by atoms with Crippen LogP contribution in [0.25, 0.3) is 0 Å². The Balaban J connectivity index is 1.89. The van der Waals surface area contributed by atoms with Crippen molar-refractivity contribution in [2.24, 2.45) is 5.92 Å². The van der Waals surface area contributed by atoms with Crippen molar-refractivity contribution in [2.45, 2.75) is 39.3 Å². The van der Waals surface area contributed by atoms with Gasteiger partial charge in [-0.3, -0.25) is 9.69 Å². The Hall–Kier alpha value is -1.39. The second kappa shape index (κ2) is 8.30. The zero-order valence-electron chi connectivity index (χ0n) is 13.7. The predicted octanol–water partition coefficient (Wildman–Crippen LogP) is 2.13. The highest BCUT2D eigenvalue weighted by atomic mass is 16.3. The van der Waals surface area contributed by atoms with Gasteiger partial charge in [0.25, 0.3) is 0 Å². The predicted molar refractivity (Wildman–Crippen MR) is 88.4 cm³/mol. The largest absolute Gasteiger partial charge is 0.393 e. The SMILES string of the molecule is CCN(Cc1ccccc1)C(=O)CN1CCCC(C(C)O)C1. The molecule has 2 rings (SSSR count). The molecule has 0 spiro atoms. The number of carbonyl (C=O) groups is 1. The summed E-state index contributed by atoms with van der Waals surface area (Å²) in [7, 11) is 0. The summed E-state index contributed by atoms with van der Waals surface area (Å²) in [6.07, 6.45) is 1.84. The van der Waals surface area contributed by atoms with Crippen LogP contribution < -0.4 is 0 Å². The highest BCUT2D eigenvalue weighted by Gasteiger charge is 2.25. The van der Waals surface area contributed by atoms with Crippen LogP contribution in [0.5, 0.6) is 0 Å². The van der Waals surface area contributed by atoms with E-state index >= 15 is 0 Å². The van der Waals surface area contributed by atoms with Gasteiger partial charge in [-0.25, -0.2) is 0 Å². The van der Waals surface area contributed by atoms with Crippen molar-refractivity contribution in [1.29, 1.82) is 0 Å². The molecule has 2 unspecified atom stereocenters. The fourth-order valence-electron chi connectivity index (χ4n) is 3.10. The number of likely N-dealkylation sites (tertiary alicyclic amines) is 1. The molecule has 0 saturated carbocycles. The molecule has 2 atom stereocenters. The highest BCUT2D eigenvalue weighted by Crippen LogP contribution is 2.19. The maximum atomic E-state index is 12.5. The molecule has 1 aliphatic rings. The maximum Gasteiger partial charge on any atom is 0.237 e. The summed E-state index contributed by atoms with van der Waals surface area (Å²) >= 11 is 0. The van der Waals surface area contributed by atoms with Crippen molar-refractivity contribution in [1.82, 2.24) is 9.80 Å². The summed E-state index contributed by atoms with van der Waals surface area (Å²) in [6, 6.07) is 10.1. The van der Waals surface area contributed by atoms with Gasteiger partial charge in [0.1, 0.15) is 0 Å². The number of rotatable bonds is 6. The van der Waals surface area contributed by atoms with Crippen molar-refractivity contribution < 1.29 is 9.90 Å². The number of carbonyl (C=O) groups excluding carboxylic acids is 1. The second-order valence-electron chi connectivity index (χ2n) is 6.27. The molecule has 122 valence electrons. The van der Waals surface area contributed by atoms with Crippen LogP contribution in [-0.2, 0) is 11.3 Å². The maximum absolute atomic E-state index is 12.5. The zero-order valence-corrected chi connectivity index (χ0v) is 13.7. The summed E-state index contributed by atoms with van der Waals surface area (Å²) < 4.78 is 0. The Kier molecular flexibility index (Phi) is 6.40. The normalized spacial score (nSPS) is 20.6. The Morgan fingerprint density at radius 1 is 1.41 bits per heavy atom. The summed E-state index contributed by atoms with van der Waals surface area (Å²) in [4.78, 5) is 16.6. The standard InChI is InChI=1S/C18H28N2O2/c1-3-20(12-16-8-5-4-6-9-16)18(22)14-19-11-7-10-17(13-19)15(2)21/h4-6,8-9,15,17,21H,3,7,10-14H2,1-2H3. The summed E-state index contributed by atoms with van der Waals surface area (Å²) in [5.41, 5.74) is 1.17. The molecular weight excluding hydrogens is 276 g/mol. The van der Waals surface area contributed by atoms with Crippen LogP contribution in [0.1, 0.15) is 32.3 Å². The van der Waals surface area contributed by atoms with E-state index in [2.05, 4.69) is 17.0 Å². The van der Waals surface area contributed by atoms with Crippen molar-refractivity contribution in [3.63, 3.8) is 0 Å². The van der Waals surface area contributed by atoms with Crippen LogP contribution in [0, 0.1) is 5.92 Å². The van der Waals surface area contributed by atoms with E-state index in [9.17, 15) is 9.90 Å². The Morgan fingerprint density at radius 3 is 2.77 bits per heavy atom. The summed E-state index contributed by atoms with van der Waals surface area (Å²) in [5.74, 6) is 0.475. The Labute approximate surface area is 133 Å². The number of benzene rings is 1. The number of amides is 1. The van der Waals surface area contributed by atoms with Crippen LogP contribution in [-0.4, -0.2) is 53.1 Å². The van der Waals surface area contributed by atoms with Crippen molar-refractivity contribution in [3.8, 4) is 0 Å². The molecule has 1 saturated heterocycles. The van der Waals surface area contributed by atoms with E-state index in [-0.39, 0.29) is 12.0 Å². The van der Waals surface area contributed by atoms with Crippen LogP contribution in [0.3, 0.4) is 0 Å². The first-order chi connectivity index (χ1) is 10.6. The molecule has 4 nitrogen and oxygen atoms in total. The van der Waals surface area contributed by atoms with Gasteiger partial charge in [-0.2, -0.15) is 0 Å². The number of aliphatic hydroxyl groups excluding tert-OH is 1. The average Bonchev–Trinajstić information content (AvgIpc) is 2.53. The molecule has 0 aromatic heterocycles. The third-order valence-corrected chi connectivity index (χ3v) is 4.53. The minimum Gasteiger partial charge on any atom is -0.393 e. The van der Waals surface area contributed by atoms with Crippen LogP contribution in [0.15, 0.2) is 30.3 Å². The van der Waals surface area contributed by atoms with Gasteiger partial charge in [0.05, 0.1) is 12.6 Å². The Bertz CT molecular complexity index is 461. The average molecular weight is 304 g/mol. The fraction of sp³-hybridized carbons (Fsp3) is 0.611. The smallest absolute Gasteiger partial charge is 0.237 e. The van der Waals surface area contributed by atoms with Gasteiger partial charge in [0.2, 0.25) is 5.91 Å². The molecule has 1 aliphatic heterocycles. The van der Waals surface area contributed by atoms with Gasteiger partial charge >= 0.3 is 0 Å². The molecular formula is C18H28N2O2. The zero-order chi connectivity index (χ0) is 15.9. The molecule has 1 aromatic rings. The quantitative estimate of drug-likeness (QED) is 0.875. The number of likely N-dealkylation sites (N-methyl/N-ethyl adjacent to an activating group) is 1. The first kappa shape index (κ1) is 17.0. The van der Waals surface area contributed by atoms with Gasteiger partial charge in [-0.05, 0) is 44.7 Å². The van der Waals surface area contributed by atoms with E-state index in [1.165, 1.54) is 5.56 Å². The van der Waals surface area contributed by atoms with E-state index in [1.54, 1.807) is 0 Å². The topological polar surface area (TPSA) is 43.8 Å². The lowest BCUT2D eigenvalue weighted by Crippen LogP contribution is -2.45. The van der Waals surface area contributed by atoms with Crippen LogP contribution in [0.4, 0.5) is 0 Å². The van der Waals surface area contributed by atoms with E-state index < -0.39 is 0 Å². The Morgan fingerprint density at radius 2 is 2.14 bits per heavy atom. The number of piperidine rings is 1.